The third-order valence-corrected chi connectivity index (χ3v) is 6.23. The number of benzene rings is 3. The zero-order valence-electron chi connectivity index (χ0n) is 18.6. The van der Waals surface area contributed by atoms with E-state index in [1.54, 1.807) is 25.1 Å². The minimum atomic E-state index is -0.494. The summed E-state index contributed by atoms with van der Waals surface area (Å²) in [5.41, 5.74) is 2.81. The molecule has 1 amide bonds. The zero-order valence-corrected chi connectivity index (χ0v) is 20.2. The van der Waals surface area contributed by atoms with Gasteiger partial charge in [-0.05, 0) is 48.9 Å². The van der Waals surface area contributed by atoms with Gasteiger partial charge < -0.3 is 10.6 Å². The van der Waals surface area contributed by atoms with Crippen molar-refractivity contribution in [3.63, 3.8) is 0 Å². The number of hydrogen-bond donors (Lipinski definition) is 2. The molecule has 11 heteroatoms. The van der Waals surface area contributed by atoms with E-state index in [0.717, 1.165) is 16.9 Å². The van der Waals surface area contributed by atoms with Crippen LogP contribution in [-0.2, 0) is 11.3 Å². The van der Waals surface area contributed by atoms with Crippen LogP contribution in [0.1, 0.15) is 11.4 Å². The highest BCUT2D eigenvalue weighted by Crippen LogP contribution is 2.25. The van der Waals surface area contributed by atoms with E-state index in [1.807, 2.05) is 47.0 Å². The number of halogens is 1. The molecule has 9 nitrogen and oxygen atoms in total. The molecule has 0 atom stereocenters. The molecule has 3 aromatic carbocycles. The van der Waals surface area contributed by atoms with Crippen LogP contribution < -0.4 is 10.6 Å². The van der Waals surface area contributed by atoms with Gasteiger partial charge in [-0.1, -0.05) is 47.6 Å². The highest BCUT2D eigenvalue weighted by atomic mass is 35.5. The lowest BCUT2D eigenvalue weighted by Crippen LogP contribution is -2.15. The monoisotopic (exact) mass is 508 g/mol. The number of thioether (sulfide) groups is 1. The van der Waals surface area contributed by atoms with Gasteiger partial charge in [-0.25, -0.2) is 0 Å². The van der Waals surface area contributed by atoms with Crippen LogP contribution in [0.2, 0.25) is 5.02 Å². The van der Waals surface area contributed by atoms with Gasteiger partial charge in [0, 0.05) is 28.5 Å². The quantitative estimate of drug-likeness (QED) is 0.175. The van der Waals surface area contributed by atoms with Gasteiger partial charge in [-0.3, -0.25) is 19.5 Å². The van der Waals surface area contributed by atoms with Gasteiger partial charge in [-0.2, -0.15) is 0 Å². The maximum atomic E-state index is 12.6. The Kier molecular flexibility index (Phi) is 7.64. The summed E-state index contributed by atoms with van der Waals surface area (Å²) in [7, 11) is 0. The molecule has 35 heavy (non-hydrogen) atoms. The van der Waals surface area contributed by atoms with Gasteiger partial charge in [-0.15, -0.1) is 10.2 Å². The van der Waals surface area contributed by atoms with Crippen LogP contribution in [0.4, 0.5) is 17.1 Å². The van der Waals surface area contributed by atoms with Crippen molar-refractivity contribution in [2.24, 2.45) is 0 Å². The number of carbonyl (C=O) groups is 1. The van der Waals surface area contributed by atoms with E-state index < -0.39 is 4.92 Å². The molecule has 0 spiro atoms. The van der Waals surface area contributed by atoms with Gasteiger partial charge in [0.15, 0.2) is 11.0 Å². The molecule has 0 aliphatic carbocycles. The zero-order chi connectivity index (χ0) is 24.8. The number of nitro groups is 1. The normalized spacial score (nSPS) is 10.7. The maximum absolute atomic E-state index is 12.6. The van der Waals surface area contributed by atoms with Crippen molar-refractivity contribution >= 4 is 46.3 Å². The Labute approximate surface area is 210 Å². The second-order valence-electron chi connectivity index (χ2n) is 7.52. The largest absolute Gasteiger partial charge is 0.378 e. The first kappa shape index (κ1) is 24.2. The van der Waals surface area contributed by atoms with E-state index in [1.165, 1.54) is 23.9 Å². The molecule has 2 N–H and O–H groups in total. The molecule has 0 saturated heterocycles. The van der Waals surface area contributed by atoms with Gasteiger partial charge in [0.2, 0.25) is 5.91 Å². The SMILES string of the molecule is Cc1ccc([N+](=O)[O-])cc1NC(=O)CSc1nnc(CNc2ccc(Cl)cc2)n1-c1ccccc1. The smallest absolute Gasteiger partial charge is 0.271 e. The Morgan fingerprint density at radius 3 is 2.54 bits per heavy atom. The van der Waals surface area contributed by atoms with Crippen molar-refractivity contribution < 1.29 is 9.72 Å². The summed E-state index contributed by atoms with van der Waals surface area (Å²) >= 11 is 7.19. The molecule has 0 fully saturated rings. The third kappa shape index (κ3) is 6.17. The number of nitrogens with zero attached hydrogens (tertiary/aromatic N) is 4. The van der Waals surface area contributed by atoms with Crippen molar-refractivity contribution in [1.29, 1.82) is 0 Å². The fraction of sp³-hybridized carbons (Fsp3) is 0.125. The summed E-state index contributed by atoms with van der Waals surface area (Å²) in [4.78, 5) is 23.2. The number of amides is 1. The summed E-state index contributed by atoms with van der Waals surface area (Å²) < 4.78 is 1.89. The second-order valence-corrected chi connectivity index (χ2v) is 8.90. The van der Waals surface area contributed by atoms with E-state index >= 15 is 0 Å². The van der Waals surface area contributed by atoms with Crippen molar-refractivity contribution in [3.05, 3.63) is 99.3 Å². The standard InChI is InChI=1S/C24H21ClN6O3S/c1-16-7-12-20(31(33)34)13-21(16)27-23(32)15-35-24-29-28-22(30(24)19-5-3-2-4-6-19)14-26-18-10-8-17(25)9-11-18/h2-13,26H,14-15H2,1H3,(H,27,32). The lowest BCUT2D eigenvalue weighted by molar-refractivity contribution is -0.384. The van der Waals surface area contributed by atoms with Crippen molar-refractivity contribution in [1.82, 2.24) is 14.8 Å². The Morgan fingerprint density at radius 2 is 1.83 bits per heavy atom. The Morgan fingerprint density at radius 1 is 1.09 bits per heavy atom. The molecule has 0 saturated carbocycles. The molecule has 1 heterocycles. The van der Waals surface area contributed by atoms with Crippen molar-refractivity contribution in [2.45, 2.75) is 18.6 Å². The molecular formula is C24H21ClN6O3S. The Hall–Kier alpha value is -3.89. The molecule has 4 rings (SSSR count). The number of carbonyl (C=O) groups excluding carboxylic acids is 1. The fourth-order valence-corrected chi connectivity index (χ4v) is 4.16. The van der Waals surface area contributed by atoms with Gasteiger partial charge in [0.1, 0.15) is 0 Å². The van der Waals surface area contributed by atoms with Crippen LogP contribution in [0.15, 0.2) is 78.0 Å². The number of nitrogens with one attached hydrogen (secondary N) is 2. The number of rotatable bonds is 9. The fourth-order valence-electron chi connectivity index (χ4n) is 3.27. The average molecular weight is 509 g/mol. The van der Waals surface area contributed by atoms with E-state index in [4.69, 9.17) is 11.6 Å². The minimum Gasteiger partial charge on any atom is -0.378 e. The number of hydrogen-bond acceptors (Lipinski definition) is 7. The lowest BCUT2D eigenvalue weighted by Gasteiger charge is -2.12. The summed E-state index contributed by atoms with van der Waals surface area (Å²) in [6, 6.07) is 21.3. The molecular weight excluding hydrogens is 488 g/mol. The van der Waals surface area contributed by atoms with Crippen molar-refractivity contribution in [2.75, 3.05) is 16.4 Å². The van der Waals surface area contributed by atoms with Crippen LogP contribution in [0.25, 0.3) is 5.69 Å². The summed E-state index contributed by atoms with van der Waals surface area (Å²) in [6.45, 7) is 2.18. The first-order valence-corrected chi connectivity index (χ1v) is 11.9. The molecule has 0 unspecified atom stereocenters. The summed E-state index contributed by atoms with van der Waals surface area (Å²) in [5, 5.41) is 26.9. The summed E-state index contributed by atoms with van der Waals surface area (Å²) in [5.74, 6) is 0.420. The van der Waals surface area contributed by atoms with Crippen LogP contribution in [-0.4, -0.2) is 31.3 Å². The van der Waals surface area contributed by atoms with Gasteiger partial charge in [0.05, 0.1) is 22.9 Å². The number of para-hydroxylation sites is 1. The third-order valence-electron chi connectivity index (χ3n) is 5.05. The van der Waals surface area contributed by atoms with Crippen LogP contribution in [0, 0.1) is 17.0 Å². The number of anilines is 2. The number of aromatic nitrogens is 3. The lowest BCUT2D eigenvalue weighted by atomic mass is 10.2. The number of non-ortho nitro benzene ring substituents is 1. The maximum Gasteiger partial charge on any atom is 0.271 e. The molecule has 4 aromatic rings. The molecule has 0 bridgehead atoms. The summed E-state index contributed by atoms with van der Waals surface area (Å²) in [6.07, 6.45) is 0. The Balaban J connectivity index is 1.49. The molecule has 1 aromatic heterocycles. The highest BCUT2D eigenvalue weighted by molar-refractivity contribution is 7.99. The average Bonchev–Trinajstić information content (AvgIpc) is 3.27. The highest BCUT2D eigenvalue weighted by Gasteiger charge is 2.17. The van der Waals surface area contributed by atoms with Crippen LogP contribution >= 0.6 is 23.4 Å². The number of aryl methyl sites for hydroxylation is 1. The molecule has 0 aliphatic rings. The predicted molar refractivity (Wildman–Crippen MR) is 137 cm³/mol. The van der Waals surface area contributed by atoms with Gasteiger partial charge >= 0.3 is 0 Å². The molecule has 178 valence electrons. The topological polar surface area (TPSA) is 115 Å². The van der Waals surface area contributed by atoms with Crippen molar-refractivity contribution in [3.8, 4) is 5.69 Å². The minimum absolute atomic E-state index is 0.0533. The van der Waals surface area contributed by atoms with E-state index in [2.05, 4.69) is 20.8 Å². The van der Waals surface area contributed by atoms with Crippen LogP contribution in [0.3, 0.4) is 0 Å². The first-order chi connectivity index (χ1) is 16.9. The van der Waals surface area contributed by atoms with Gasteiger partial charge in [0.25, 0.3) is 5.69 Å². The van der Waals surface area contributed by atoms with E-state index in [-0.39, 0.29) is 17.3 Å². The predicted octanol–water partition coefficient (Wildman–Crippen LogP) is 5.48. The number of nitro benzene ring substituents is 1. The molecule has 0 aliphatic heterocycles. The van der Waals surface area contributed by atoms with E-state index in [0.29, 0.717) is 28.2 Å². The second kappa shape index (κ2) is 11.0. The Bertz CT molecular complexity index is 1350. The first-order valence-electron chi connectivity index (χ1n) is 10.6. The van der Waals surface area contributed by atoms with Crippen LogP contribution in [0.5, 0.6) is 0 Å². The van der Waals surface area contributed by atoms with E-state index in [9.17, 15) is 14.9 Å². The molecule has 0 radical (unpaired) electrons.